The average molecular weight is 255 g/mol. The highest BCUT2D eigenvalue weighted by molar-refractivity contribution is 9.10. The van der Waals surface area contributed by atoms with Gasteiger partial charge in [-0.2, -0.15) is 0 Å². The van der Waals surface area contributed by atoms with E-state index in [4.69, 9.17) is 5.73 Å². The van der Waals surface area contributed by atoms with E-state index in [-0.39, 0.29) is 11.8 Å². The summed E-state index contributed by atoms with van der Waals surface area (Å²) in [6.07, 6.45) is 0. The van der Waals surface area contributed by atoms with Crippen molar-refractivity contribution in [3.8, 4) is 0 Å². The van der Waals surface area contributed by atoms with Gasteiger partial charge in [-0.25, -0.2) is 0 Å². The van der Waals surface area contributed by atoms with Crippen LogP contribution in [0.4, 0.5) is 5.69 Å². The summed E-state index contributed by atoms with van der Waals surface area (Å²) >= 11 is 3.45. The molecule has 0 bridgehead atoms. The van der Waals surface area contributed by atoms with Crippen molar-refractivity contribution in [2.24, 2.45) is 5.73 Å². The zero-order valence-corrected chi connectivity index (χ0v) is 9.41. The third kappa shape index (κ3) is 1.18. The number of hydrogen-bond donors (Lipinski definition) is 1. The van der Waals surface area contributed by atoms with Crippen LogP contribution in [0.5, 0.6) is 0 Å². The van der Waals surface area contributed by atoms with E-state index in [1.807, 2.05) is 18.2 Å². The molecule has 1 unspecified atom stereocenters. The third-order valence-electron chi connectivity index (χ3n) is 2.60. The van der Waals surface area contributed by atoms with E-state index in [2.05, 4.69) is 15.9 Å². The van der Waals surface area contributed by atoms with Gasteiger partial charge in [0.1, 0.15) is 0 Å². The summed E-state index contributed by atoms with van der Waals surface area (Å²) in [6, 6.07) is 5.80. The number of hydrogen-bond acceptors (Lipinski definition) is 2. The first-order valence-electron chi connectivity index (χ1n) is 4.43. The molecule has 0 spiro atoms. The Morgan fingerprint density at radius 2 is 2.29 bits per heavy atom. The van der Waals surface area contributed by atoms with Crippen molar-refractivity contribution in [3.63, 3.8) is 0 Å². The van der Waals surface area contributed by atoms with Crippen LogP contribution in [-0.4, -0.2) is 19.5 Å². The maximum Gasteiger partial charge on any atom is 0.235 e. The first kappa shape index (κ1) is 9.68. The molecule has 1 aromatic carbocycles. The summed E-state index contributed by atoms with van der Waals surface area (Å²) in [4.78, 5) is 13.4. The number of nitrogens with zero attached hydrogens (tertiary/aromatic N) is 1. The Hall–Kier alpha value is -0.870. The van der Waals surface area contributed by atoms with Crippen LogP contribution >= 0.6 is 15.9 Å². The maximum absolute atomic E-state index is 11.8. The van der Waals surface area contributed by atoms with Gasteiger partial charge in [0, 0.05) is 29.3 Å². The summed E-state index contributed by atoms with van der Waals surface area (Å²) in [5, 5.41) is 0. The molecule has 0 saturated heterocycles. The van der Waals surface area contributed by atoms with E-state index >= 15 is 0 Å². The maximum atomic E-state index is 11.8. The monoisotopic (exact) mass is 254 g/mol. The molecule has 0 fully saturated rings. The van der Waals surface area contributed by atoms with Crippen molar-refractivity contribution in [2.75, 3.05) is 18.5 Å². The second-order valence-corrected chi connectivity index (χ2v) is 4.21. The number of carbonyl (C=O) groups excluding carboxylic acids is 1. The summed E-state index contributed by atoms with van der Waals surface area (Å²) in [7, 11) is 1.78. The van der Waals surface area contributed by atoms with Gasteiger partial charge in [0.05, 0.1) is 5.92 Å². The zero-order chi connectivity index (χ0) is 10.3. The van der Waals surface area contributed by atoms with Gasteiger partial charge in [0.15, 0.2) is 0 Å². The highest BCUT2D eigenvalue weighted by Gasteiger charge is 2.35. The molecule has 3 nitrogen and oxygen atoms in total. The van der Waals surface area contributed by atoms with E-state index in [1.54, 1.807) is 11.9 Å². The number of carbonyl (C=O) groups is 1. The van der Waals surface area contributed by atoms with Crippen LogP contribution < -0.4 is 10.6 Å². The lowest BCUT2D eigenvalue weighted by molar-refractivity contribution is -0.118. The SMILES string of the molecule is CN1C(=O)C(CN)c2c(Br)cccc21. The molecule has 0 radical (unpaired) electrons. The predicted molar refractivity (Wildman–Crippen MR) is 59.3 cm³/mol. The Bertz CT molecular complexity index is 392. The van der Waals surface area contributed by atoms with Crippen LogP contribution in [0.25, 0.3) is 0 Å². The fraction of sp³-hybridized carbons (Fsp3) is 0.300. The number of benzene rings is 1. The molecule has 4 heteroatoms. The number of nitrogens with two attached hydrogens (primary N) is 1. The number of amides is 1. The van der Waals surface area contributed by atoms with Crippen LogP contribution in [0.2, 0.25) is 0 Å². The largest absolute Gasteiger partial charge is 0.329 e. The molecule has 74 valence electrons. The number of rotatable bonds is 1. The topological polar surface area (TPSA) is 46.3 Å². The molecule has 1 heterocycles. The second kappa shape index (κ2) is 3.37. The first-order valence-corrected chi connectivity index (χ1v) is 5.22. The lowest BCUT2D eigenvalue weighted by atomic mass is 10.0. The van der Waals surface area contributed by atoms with E-state index in [0.717, 1.165) is 15.7 Å². The summed E-state index contributed by atoms with van der Waals surface area (Å²) in [6.45, 7) is 0.360. The van der Waals surface area contributed by atoms with E-state index in [1.165, 1.54) is 0 Å². The summed E-state index contributed by atoms with van der Waals surface area (Å²) in [5.74, 6) is -0.111. The van der Waals surface area contributed by atoms with Crippen molar-refractivity contribution in [1.29, 1.82) is 0 Å². The van der Waals surface area contributed by atoms with E-state index in [9.17, 15) is 4.79 Å². The van der Waals surface area contributed by atoms with Gasteiger partial charge < -0.3 is 10.6 Å². The summed E-state index contributed by atoms with van der Waals surface area (Å²) < 4.78 is 0.961. The van der Waals surface area contributed by atoms with Gasteiger partial charge in [-0.3, -0.25) is 4.79 Å². The second-order valence-electron chi connectivity index (χ2n) is 3.36. The first-order chi connectivity index (χ1) is 6.66. The van der Waals surface area contributed by atoms with Crippen molar-refractivity contribution < 1.29 is 4.79 Å². The number of likely N-dealkylation sites (N-methyl/N-ethyl adjacent to an activating group) is 1. The molecule has 1 aromatic rings. The molecule has 2 N–H and O–H groups in total. The van der Waals surface area contributed by atoms with E-state index in [0.29, 0.717) is 6.54 Å². The molecule has 0 aliphatic carbocycles. The molecule has 14 heavy (non-hydrogen) atoms. The Morgan fingerprint density at radius 3 is 2.93 bits per heavy atom. The molecule has 2 rings (SSSR count). The summed E-state index contributed by atoms with van der Waals surface area (Å²) in [5.41, 5.74) is 7.58. The van der Waals surface area contributed by atoms with Gasteiger partial charge >= 0.3 is 0 Å². The molecule has 1 aliphatic heterocycles. The highest BCUT2D eigenvalue weighted by atomic mass is 79.9. The fourth-order valence-corrected chi connectivity index (χ4v) is 2.49. The number of anilines is 1. The van der Waals surface area contributed by atoms with Gasteiger partial charge in [-0.1, -0.05) is 22.0 Å². The van der Waals surface area contributed by atoms with Crippen LogP contribution in [-0.2, 0) is 4.79 Å². The normalized spacial score (nSPS) is 20.1. The minimum Gasteiger partial charge on any atom is -0.329 e. The fourth-order valence-electron chi connectivity index (χ4n) is 1.86. The van der Waals surface area contributed by atoms with Gasteiger partial charge in [-0.05, 0) is 12.1 Å². The van der Waals surface area contributed by atoms with Gasteiger partial charge in [0.2, 0.25) is 5.91 Å². The average Bonchev–Trinajstić information content (AvgIpc) is 2.43. The molecular formula is C10H11BrN2O. The number of halogens is 1. The lowest BCUT2D eigenvalue weighted by Gasteiger charge is -2.09. The van der Waals surface area contributed by atoms with Crippen LogP contribution in [0, 0.1) is 0 Å². The Morgan fingerprint density at radius 1 is 1.57 bits per heavy atom. The van der Waals surface area contributed by atoms with Crippen LogP contribution in [0.15, 0.2) is 22.7 Å². The molecule has 1 atom stereocenters. The molecule has 1 amide bonds. The predicted octanol–water partition coefficient (Wildman–Crippen LogP) is 1.47. The smallest absolute Gasteiger partial charge is 0.235 e. The van der Waals surface area contributed by atoms with Gasteiger partial charge in [0.25, 0.3) is 0 Å². The zero-order valence-electron chi connectivity index (χ0n) is 7.83. The van der Waals surface area contributed by atoms with Crippen molar-refractivity contribution >= 4 is 27.5 Å². The van der Waals surface area contributed by atoms with Crippen molar-refractivity contribution in [3.05, 3.63) is 28.2 Å². The quantitative estimate of drug-likeness (QED) is 0.825. The van der Waals surface area contributed by atoms with Gasteiger partial charge in [-0.15, -0.1) is 0 Å². The van der Waals surface area contributed by atoms with Crippen molar-refractivity contribution in [1.82, 2.24) is 0 Å². The highest BCUT2D eigenvalue weighted by Crippen LogP contribution is 2.40. The number of fused-ring (bicyclic) bond motifs is 1. The Labute approximate surface area is 91.0 Å². The Kier molecular flexibility index (Phi) is 2.33. The minimum absolute atomic E-state index is 0.0781. The molecule has 1 aliphatic rings. The van der Waals surface area contributed by atoms with E-state index < -0.39 is 0 Å². The Balaban J connectivity index is 2.62. The van der Waals surface area contributed by atoms with Crippen LogP contribution in [0.3, 0.4) is 0 Å². The van der Waals surface area contributed by atoms with Crippen LogP contribution in [0.1, 0.15) is 11.5 Å². The minimum atomic E-state index is -0.189. The standard InChI is InChI=1S/C10H11BrN2O/c1-13-8-4-2-3-7(11)9(8)6(5-12)10(13)14/h2-4,6H,5,12H2,1H3. The molecule has 0 aromatic heterocycles. The third-order valence-corrected chi connectivity index (χ3v) is 3.30. The molecular weight excluding hydrogens is 244 g/mol. The van der Waals surface area contributed by atoms with Crippen molar-refractivity contribution in [2.45, 2.75) is 5.92 Å². The molecule has 0 saturated carbocycles. The lowest BCUT2D eigenvalue weighted by Crippen LogP contribution is -2.27.